The zero-order chi connectivity index (χ0) is 10.7. The van der Waals surface area contributed by atoms with Gasteiger partial charge >= 0.3 is 0 Å². The molecule has 2 heterocycles. The van der Waals surface area contributed by atoms with Gasteiger partial charge in [0.2, 0.25) is 0 Å². The summed E-state index contributed by atoms with van der Waals surface area (Å²) in [6.07, 6.45) is 2.79. The number of thiazole rings is 1. The van der Waals surface area contributed by atoms with E-state index >= 15 is 0 Å². The van der Waals surface area contributed by atoms with Crippen LogP contribution >= 0.6 is 11.3 Å². The Hall–Kier alpha value is -1.63. The molecule has 1 aromatic heterocycles. The van der Waals surface area contributed by atoms with Crippen molar-refractivity contribution in [1.82, 2.24) is 15.2 Å². The lowest BCUT2D eigenvalue weighted by atomic mass is 10.4. The zero-order valence-electron chi connectivity index (χ0n) is 7.92. The molecule has 1 N–H and O–H groups in total. The molecule has 0 spiro atoms. The molecule has 0 bridgehead atoms. The van der Waals surface area contributed by atoms with Gasteiger partial charge in [-0.2, -0.15) is 0 Å². The second kappa shape index (κ2) is 4.26. The topological polar surface area (TPSA) is 71.3 Å². The minimum atomic E-state index is -0.437. The van der Waals surface area contributed by atoms with Crippen molar-refractivity contribution in [3.8, 4) is 0 Å². The summed E-state index contributed by atoms with van der Waals surface area (Å²) in [5.74, 6) is 0.577. The number of hydrogen-bond donors (Lipinski definition) is 1. The molecule has 0 aromatic carbocycles. The van der Waals surface area contributed by atoms with Gasteiger partial charge in [-0.25, -0.2) is 0 Å². The largest absolute Gasteiger partial charge is 0.365 e. The molecule has 15 heavy (non-hydrogen) atoms. The molecule has 0 saturated carbocycles. The maximum absolute atomic E-state index is 10.4. The lowest BCUT2D eigenvalue weighted by molar-refractivity contribution is -0.404. The molecule has 80 valence electrons. The van der Waals surface area contributed by atoms with E-state index in [1.165, 1.54) is 0 Å². The summed E-state index contributed by atoms with van der Waals surface area (Å²) in [4.78, 5) is 16.9. The number of hydrogen-bond acceptors (Lipinski definition) is 6. The summed E-state index contributed by atoms with van der Waals surface area (Å²) in [6, 6.07) is 0. The van der Waals surface area contributed by atoms with Crippen LogP contribution in [0.1, 0.15) is 4.88 Å². The Balaban J connectivity index is 2.05. The Morgan fingerprint density at radius 3 is 3.33 bits per heavy atom. The highest BCUT2D eigenvalue weighted by Crippen LogP contribution is 2.15. The minimum Gasteiger partial charge on any atom is -0.365 e. The van der Waals surface area contributed by atoms with E-state index in [-0.39, 0.29) is 0 Å². The first-order chi connectivity index (χ1) is 7.25. The normalized spacial score (nSPS) is 18.1. The highest BCUT2D eigenvalue weighted by Gasteiger charge is 2.19. The second-order valence-corrected chi connectivity index (χ2v) is 4.09. The molecular formula is C8H10N4O2S. The van der Waals surface area contributed by atoms with Crippen molar-refractivity contribution in [3.63, 3.8) is 0 Å². The fraction of sp³-hybridized carbons (Fsp3) is 0.375. The van der Waals surface area contributed by atoms with Crippen molar-refractivity contribution < 1.29 is 4.92 Å². The SMILES string of the molecule is O=[N+]([O-])C=C1NCCN1Cc1cncs1. The Morgan fingerprint density at radius 2 is 2.67 bits per heavy atom. The first kappa shape index (κ1) is 9.91. The van der Waals surface area contributed by atoms with E-state index in [9.17, 15) is 10.1 Å². The molecule has 0 amide bonds. The van der Waals surface area contributed by atoms with Gasteiger partial charge in [-0.1, -0.05) is 0 Å². The van der Waals surface area contributed by atoms with Crippen LogP contribution in [0.4, 0.5) is 0 Å². The van der Waals surface area contributed by atoms with Crippen LogP contribution in [0, 0.1) is 10.1 Å². The van der Waals surface area contributed by atoms with Gasteiger partial charge in [-0.3, -0.25) is 15.1 Å². The van der Waals surface area contributed by atoms with E-state index in [0.717, 1.165) is 24.2 Å². The maximum atomic E-state index is 10.4. The Kier molecular flexibility index (Phi) is 2.82. The fourth-order valence-electron chi connectivity index (χ4n) is 1.45. The summed E-state index contributed by atoms with van der Waals surface area (Å²) in [6.45, 7) is 2.22. The van der Waals surface area contributed by atoms with Gasteiger partial charge in [-0.15, -0.1) is 11.3 Å². The third-order valence-corrected chi connectivity index (χ3v) is 2.85. The number of aromatic nitrogens is 1. The van der Waals surface area contributed by atoms with Gasteiger partial charge in [0.1, 0.15) is 0 Å². The first-order valence-corrected chi connectivity index (χ1v) is 5.35. The van der Waals surface area contributed by atoms with Crippen LogP contribution in [-0.2, 0) is 6.54 Å². The molecule has 7 heteroatoms. The van der Waals surface area contributed by atoms with Crippen LogP contribution in [0.25, 0.3) is 0 Å². The molecule has 0 radical (unpaired) electrons. The molecule has 1 fully saturated rings. The van der Waals surface area contributed by atoms with Gasteiger partial charge in [0.05, 0.1) is 17.0 Å². The molecule has 1 aliphatic heterocycles. The van der Waals surface area contributed by atoms with E-state index in [2.05, 4.69) is 10.3 Å². The Labute approximate surface area is 90.4 Å². The van der Waals surface area contributed by atoms with E-state index in [0.29, 0.717) is 12.4 Å². The Morgan fingerprint density at radius 1 is 1.80 bits per heavy atom. The third kappa shape index (κ3) is 2.44. The Bertz CT molecular complexity index is 376. The quantitative estimate of drug-likeness (QED) is 0.604. The monoisotopic (exact) mass is 226 g/mol. The molecule has 1 aliphatic rings. The highest BCUT2D eigenvalue weighted by molar-refractivity contribution is 7.09. The molecule has 1 aromatic rings. The van der Waals surface area contributed by atoms with E-state index in [4.69, 9.17) is 0 Å². The standard InChI is InChI=1S/C8H10N4O2S/c13-12(14)5-8-10-1-2-11(8)4-7-3-9-6-15-7/h3,5-6,10H,1-2,4H2. The van der Waals surface area contributed by atoms with Gasteiger partial charge in [0.15, 0.2) is 5.82 Å². The summed E-state index contributed by atoms with van der Waals surface area (Å²) < 4.78 is 0. The zero-order valence-corrected chi connectivity index (χ0v) is 8.74. The van der Waals surface area contributed by atoms with Crippen LogP contribution in [0.5, 0.6) is 0 Å². The summed E-state index contributed by atoms with van der Waals surface area (Å²) in [7, 11) is 0. The number of nitrogens with zero attached hydrogens (tertiary/aromatic N) is 3. The molecule has 0 unspecified atom stereocenters. The average Bonchev–Trinajstić information content (AvgIpc) is 2.78. The van der Waals surface area contributed by atoms with Gasteiger partial charge in [-0.05, 0) is 0 Å². The van der Waals surface area contributed by atoms with E-state index < -0.39 is 4.92 Å². The van der Waals surface area contributed by atoms with Crippen LogP contribution in [0.2, 0.25) is 0 Å². The van der Waals surface area contributed by atoms with Crippen LogP contribution in [0.15, 0.2) is 23.7 Å². The molecule has 1 saturated heterocycles. The lowest BCUT2D eigenvalue weighted by Crippen LogP contribution is -2.20. The molecular weight excluding hydrogens is 216 g/mol. The van der Waals surface area contributed by atoms with E-state index in [1.54, 1.807) is 23.0 Å². The third-order valence-electron chi connectivity index (χ3n) is 2.09. The van der Waals surface area contributed by atoms with Crippen molar-refractivity contribution in [1.29, 1.82) is 0 Å². The van der Waals surface area contributed by atoms with Crippen molar-refractivity contribution in [3.05, 3.63) is 38.7 Å². The van der Waals surface area contributed by atoms with Gasteiger partial charge in [0.25, 0.3) is 6.20 Å². The van der Waals surface area contributed by atoms with Crippen LogP contribution in [-0.4, -0.2) is 27.9 Å². The summed E-state index contributed by atoms with van der Waals surface area (Å²) >= 11 is 1.55. The molecule has 6 nitrogen and oxygen atoms in total. The van der Waals surface area contributed by atoms with E-state index in [1.807, 2.05) is 4.90 Å². The number of nitro groups is 1. The molecule has 0 atom stereocenters. The highest BCUT2D eigenvalue weighted by atomic mass is 32.1. The predicted molar refractivity (Wildman–Crippen MR) is 55.6 cm³/mol. The van der Waals surface area contributed by atoms with Crippen molar-refractivity contribution in [2.75, 3.05) is 13.1 Å². The molecule has 2 rings (SSSR count). The van der Waals surface area contributed by atoms with Crippen molar-refractivity contribution in [2.24, 2.45) is 0 Å². The fourth-order valence-corrected chi connectivity index (χ4v) is 2.06. The van der Waals surface area contributed by atoms with Gasteiger partial charge < -0.3 is 10.2 Å². The smallest absolute Gasteiger partial charge is 0.274 e. The average molecular weight is 226 g/mol. The summed E-state index contributed by atoms with van der Waals surface area (Å²) in [5, 5.41) is 13.3. The molecule has 0 aliphatic carbocycles. The number of nitrogens with one attached hydrogen (secondary N) is 1. The minimum absolute atomic E-state index is 0.437. The lowest BCUT2D eigenvalue weighted by Gasteiger charge is -2.15. The summed E-state index contributed by atoms with van der Waals surface area (Å²) in [5.41, 5.74) is 1.76. The van der Waals surface area contributed by atoms with Gasteiger partial charge in [0, 0.05) is 24.2 Å². The first-order valence-electron chi connectivity index (χ1n) is 4.47. The second-order valence-electron chi connectivity index (χ2n) is 3.12. The van der Waals surface area contributed by atoms with Crippen molar-refractivity contribution in [2.45, 2.75) is 6.54 Å². The number of rotatable bonds is 3. The van der Waals surface area contributed by atoms with Crippen molar-refractivity contribution >= 4 is 11.3 Å². The van der Waals surface area contributed by atoms with Crippen LogP contribution in [0.3, 0.4) is 0 Å². The predicted octanol–water partition coefficient (Wildman–Crippen LogP) is 0.624. The maximum Gasteiger partial charge on any atom is 0.274 e. The van der Waals surface area contributed by atoms with Crippen LogP contribution < -0.4 is 5.32 Å².